The zero-order chi connectivity index (χ0) is 25.8. The molecule has 1 N–H and O–H groups in total. The number of ketones is 1. The van der Waals surface area contributed by atoms with Crippen molar-refractivity contribution in [1.29, 1.82) is 0 Å². The smallest absolute Gasteiger partial charge is 0.295 e. The van der Waals surface area contributed by atoms with Crippen LogP contribution in [-0.4, -0.2) is 49.1 Å². The zero-order valence-corrected chi connectivity index (χ0v) is 21.5. The van der Waals surface area contributed by atoms with E-state index in [0.717, 1.165) is 10.4 Å². The third-order valence-electron chi connectivity index (χ3n) is 6.14. The molecule has 1 aromatic heterocycles. The van der Waals surface area contributed by atoms with Crippen LogP contribution in [0.4, 0.5) is 0 Å². The van der Waals surface area contributed by atoms with Crippen LogP contribution in [0.15, 0.2) is 65.6 Å². The molecule has 7 nitrogen and oxygen atoms in total. The van der Waals surface area contributed by atoms with Gasteiger partial charge in [-0.3, -0.25) is 9.59 Å². The first-order chi connectivity index (χ1) is 17.3. The zero-order valence-electron chi connectivity index (χ0n) is 20.7. The number of amides is 1. The molecule has 1 aliphatic rings. The van der Waals surface area contributed by atoms with Gasteiger partial charge in [0.05, 0.1) is 32.4 Å². The largest absolute Gasteiger partial charge is 0.507 e. The van der Waals surface area contributed by atoms with E-state index in [-0.39, 0.29) is 30.4 Å². The first-order valence-corrected chi connectivity index (χ1v) is 12.5. The number of carbonyl (C=O) groups excluding carboxylic acids is 2. The van der Waals surface area contributed by atoms with Gasteiger partial charge in [-0.15, -0.1) is 11.3 Å². The lowest BCUT2D eigenvalue weighted by molar-refractivity contribution is -0.140. The minimum Gasteiger partial charge on any atom is -0.507 e. The van der Waals surface area contributed by atoms with E-state index >= 15 is 0 Å². The van der Waals surface area contributed by atoms with E-state index in [2.05, 4.69) is 0 Å². The predicted molar refractivity (Wildman–Crippen MR) is 139 cm³/mol. The van der Waals surface area contributed by atoms with E-state index in [0.29, 0.717) is 22.8 Å². The first kappa shape index (κ1) is 25.3. The van der Waals surface area contributed by atoms with E-state index in [1.807, 2.05) is 37.4 Å². The highest BCUT2D eigenvalue weighted by Crippen LogP contribution is 2.41. The summed E-state index contributed by atoms with van der Waals surface area (Å²) in [6, 6.07) is 15.4. The van der Waals surface area contributed by atoms with Crippen LogP contribution in [0.1, 0.15) is 41.8 Å². The molecule has 8 heteroatoms. The number of ether oxygens (including phenoxy) is 3. The van der Waals surface area contributed by atoms with Gasteiger partial charge in [0.25, 0.3) is 11.7 Å². The van der Waals surface area contributed by atoms with Crippen LogP contribution in [0.25, 0.3) is 5.76 Å². The van der Waals surface area contributed by atoms with Gasteiger partial charge in [-0.1, -0.05) is 19.9 Å². The fourth-order valence-electron chi connectivity index (χ4n) is 4.28. The Morgan fingerprint density at radius 2 is 1.75 bits per heavy atom. The average molecular weight is 508 g/mol. The maximum absolute atomic E-state index is 13.2. The Kier molecular flexibility index (Phi) is 7.64. The summed E-state index contributed by atoms with van der Waals surface area (Å²) in [6.45, 7) is 4.40. The molecule has 0 bridgehead atoms. The second-order valence-electron chi connectivity index (χ2n) is 8.64. The van der Waals surface area contributed by atoms with Gasteiger partial charge < -0.3 is 24.2 Å². The second kappa shape index (κ2) is 10.9. The van der Waals surface area contributed by atoms with Gasteiger partial charge in [-0.25, -0.2) is 0 Å². The van der Waals surface area contributed by atoms with Crippen molar-refractivity contribution in [3.05, 3.63) is 81.6 Å². The van der Waals surface area contributed by atoms with Crippen molar-refractivity contribution >= 4 is 28.8 Å². The van der Waals surface area contributed by atoms with Gasteiger partial charge in [-0.05, 0) is 65.4 Å². The number of nitrogens with zero attached hydrogens (tertiary/aromatic N) is 1. The van der Waals surface area contributed by atoms with Crippen molar-refractivity contribution in [2.75, 3.05) is 27.4 Å². The highest BCUT2D eigenvalue weighted by molar-refractivity contribution is 7.10. The number of hydrogen-bond acceptors (Lipinski definition) is 7. The SMILES string of the molecule is COc1ccc(OCCN2C(=O)C(=O)/C(=C(\O)c3ccc(OC)c(C(C)C)c3)C2c2cccs2)cc1. The van der Waals surface area contributed by atoms with Crippen LogP contribution < -0.4 is 14.2 Å². The molecule has 2 aromatic carbocycles. The molecule has 1 saturated heterocycles. The van der Waals surface area contributed by atoms with Crippen LogP contribution in [0, 0.1) is 0 Å². The number of aliphatic hydroxyl groups is 1. The second-order valence-corrected chi connectivity index (χ2v) is 9.62. The Hall–Kier alpha value is -3.78. The van der Waals surface area contributed by atoms with Crippen molar-refractivity contribution in [1.82, 2.24) is 4.90 Å². The standard InChI is InChI=1S/C28H29NO6S/c1-17(2)21-16-18(7-12-22(21)34-4)26(30)24-25(23-6-5-15-36-23)29(28(32)27(24)31)13-14-35-20-10-8-19(33-3)9-11-20/h5-12,15-17,25,30H,13-14H2,1-4H3/b26-24-. The van der Waals surface area contributed by atoms with Gasteiger partial charge in [0.1, 0.15) is 29.6 Å². The van der Waals surface area contributed by atoms with Crippen molar-refractivity contribution in [2.24, 2.45) is 0 Å². The number of aliphatic hydroxyl groups excluding tert-OH is 1. The molecule has 3 aromatic rings. The van der Waals surface area contributed by atoms with E-state index in [9.17, 15) is 14.7 Å². The lowest BCUT2D eigenvalue weighted by Crippen LogP contribution is -2.33. The van der Waals surface area contributed by atoms with E-state index in [1.54, 1.807) is 50.6 Å². The van der Waals surface area contributed by atoms with Crippen LogP contribution in [0.5, 0.6) is 17.2 Å². The third-order valence-corrected chi connectivity index (χ3v) is 7.06. The van der Waals surface area contributed by atoms with Crippen LogP contribution in [0.2, 0.25) is 0 Å². The molecular weight excluding hydrogens is 478 g/mol. The quantitative estimate of drug-likeness (QED) is 0.238. The van der Waals surface area contributed by atoms with Crippen LogP contribution in [0.3, 0.4) is 0 Å². The van der Waals surface area contributed by atoms with Gasteiger partial charge in [-0.2, -0.15) is 0 Å². The van der Waals surface area contributed by atoms with Gasteiger partial charge in [0, 0.05) is 10.4 Å². The maximum atomic E-state index is 13.2. The van der Waals surface area contributed by atoms with Crippen molar-refractivity contribution < 1.29 is 28.9 Å². The molecule has 0 spiro atoms. The summed E-state index contributed by atoms with van der Waals surface area (Å²) in [5.74, 6) is 0.605. The highest BCUT2D eigenvalue weighted by Gasteiger charge is 2.46. The number of thiophene rings is 1. The highest BCUT2D eigenvalue weighted by atomic mass is 32.1. The molecule has 1 aliphatic heterocycles. The third kappa shape index (κ3) is 4.95. The Labute approximate surface area is 214 Å². The fraction of sp³-hybridized carbons (Fsp3) is 0.286. The van der Waals surface area contributed by atoms with Crippen molar-refractivity contribution in [3.8, 4) is 17.2 Å². The van der Waals surface area contributed by atoms with E-state index in [1.165, 1.54) is 16.2 Å². The normalized spacial score (nSPS) is 17.0. The molecule has 0 aliphatic carbocycles. The Morgan fingerprint density at radius 3 is 2.36 bits per heavy atom. The van der Waals surface area contributed by atoms with Crippen molar-refractivity contribution in [3.63, 3.8) is 0 Å². The van der Waals surface area contributed by atoms with Gasteiger partial charge >= 0.3 is 0 Å². The summed E-state index contributed by atoms with van der Waals surface area (Å²) < 4.78 is 16.4. The molecular formula is C28H29NO6S. The maximum Gasteiger partial charge on any atom is 0.295 e. The molecule has 0 radical (unpaired) electrons. The lowest BCUT2D eigenvalue weighted by Gasteiger charge is -2.24. The molecule has 4 rings (SSSR count). The van der Waals surface area contributed by atoms with Crippen molar-refractivity contribution in [2.45, 2.75) is 25.8 Å². The molecule has 2 heterocycles. The number of rotatable bonds is 9. The molecule has 0 saturated carbocycles. The minimum atomic E-state index is -0.711. The first-order valence-electron chi connectivity index (χ1n) is 11.6. The van der Waals surface area contributed by atoms with E-state index < -0.39 is 17.7 Å². The molecule has 188 valence electrons. The summed E-state index contributed by atoms with van der Waals surface area (Å²) >= 11 is 1.43. The Morgan fingerprint density at radius 1 is 1.03 bits per heavy atom. The summed E-state index contributed by atoms with van der Waals surface area (Å²) in [5, 5.41) is 13.2. The number of methoxy groups -OCH3 is 2. The summed E-state index contributed by atoms with van der Waals surface area (Å²) in [5.41, 5.74) is 1.44. The lowest BCUT2D eigenvalue weighted by atomic mass is 9.95. The number of likely N-dealkylation sites (tertiary alicyclic amines) is 1. The number of Topliss-reactive ketones (excluding diaryl/α,β-unsaturated/α-hetero) is 1. The summed E-state index contributed by atoms with van der Waals surface area (Å²) in [7, 11) is 3.18. The molecule has 1 atom stereocenters. The number of carbonyl (C=O) groups is 2. The Balaban J connectivity index is 1.66. The fourth-order valence-corrected chi connectivity index (χ4v) is 5.12. The summed E-state index contributed by atoms with van der Waals surface area (Å²) in [4.78, 5) is 28.6. The number of benzene rings is 2. The summed E-state index contributed by atoms with van der Waals surface area (Å²) in [6.07, 6.45) is 0. The predicted octanol–water partition coefficient (Wildman–Crippen LogP) is 5.39. The molecule has 1 unspecified atom stereocenters. The Bertz CT molecular complexity index is 1260. The van der Waals surface area contributed by atoms with Gasteiger partial charge in [0.2, 0.25) is 0 Å². The topological polar surface area (TPSA) is 85.3 Å². The van der Waals surface area contributed by atoms with E-state index in [4.69, 9.17) is 14.2 Å². The van der Waals surface area contributed by atoms with Crippen LogP contribution >= 0.6 is 11.3 Å². The minimum absolute atomic E-state index is 0.0757. The molecule has 1 amide bonds. The monoisotopic (exact) mass is 507 g/mol. The average Bonchev–Trinajstić information content (AvgIpc) is 3.51. The molecule has 36 heavy (non-hydrogen) atoms. The van der Waals surface area contributed by atoms with Gasteiger partial charge in [0.15, 0.2) is 0 Å². The van der Waals surface area contributed by atoms with Crippen LogP contribution in [-0.2, 0) is 9.59 Å². The number of hydrogen-bond donors (Lipinski definition) is 1. The molecule has 1 fully saturated rings.